The molecule has 1 amide bonds. The number of aliphatic hydroxyl groups excluding tert-OH is 1. The van der Waals surface area contributed by atoms with Gasteiger partial charge in [-0.15, -0.1) is 0 Å². The van der Waals surface area contributed by atoms with Crippen molar-refractivity contribution < 1.29 is 31.9 Å². The molecule has 0 saturated carbocycles. The molecule has 2 aromatic carbocycles. The minimum Gasteiger partial charge on any atom is -0.455 e. The molecule has 1 aromatic heterocycles. The van der Waals surface area contributed by atoms with Crippen molar-refractivity contribution in [3.8, 4) is 11.3 Å². The van der Waals surface area contributed by atoms with E-state index in [1.165, 1.54) is 35.6 Å². The van der Waals surface area contributed by atoms with E-state index in [1.807, 2.05) is 0 Å². The van der Waals surface area contributed by atoms with E-state index < -0.39 is 34.0 Å². The Morgan fingerprint density at radius 3 is 2.56 bits per heavy atom. The highest BCUT2D eigenvalue weighted by Crippen LogP contribution is 2.42. The van der Waals surface area contributed by atoms with Crippen LogP contribution in [-0.2, 0) is 14.8 Å². The van der Waals surface area contributed by atoms with Crippen LogP contribution >= 0.6 is 0 Å². The van der Waals surface area contributed by atoms with Gasteiger partial charge >= 0.3 is 0 Å². The number of ether oxygens (including phenoxy) is 1. The molecule has 0 radical (unpaired) electrons. The van der Waals surface area contributed by atoms with Crippen LogP contribution in [0.3, 0.4) is 0 Å². The molecule has 1 aliphatic heterocycles. The lowest BCUT2D eigenvalue weighted by atomic mass is 10.0. The molecule has 2 heterocycles. The Morgan fingerprint density at radius 1 is 1.28 bits per heavy atom. The van der Waals surface area contributed by atoms with Crippen molar-refractivity contribution in [3.63, 3.8) is 0 Å². The van der Waals surface area contributed by atoms with Crippen LogP contribution in [0.15, 0.2) is 40.8 Å². The van der Waals surface area contributed by atoms with Crippen molar-refractivity contribution in [2.24, 2.45) is 0 Å². The first-order valence-corrected chi connectivity index (χ1v) is 11.8. The number of fused-ring (bicyclic) bond motifs is 2. The molecule has 170 valence electrons. The Hall–Kier alpha value is -2.95. The van der Waals surface area contributed by atoms with Crippen molar-refractivity contribution in [2.75, 3.05) is 30.8 Å². The Morgan fingerprint density at radius 2 is 1.97 bits per heavy atom. The summed E-state index contributed by atoms with van der Waals surface area (Å²) in [6.45, 7) is 1.34. The van der Waals surface area contributed by atoms with E-state index in [4.69, 9.17) is 9.15 Å². The normalized spacial score (nSPS) is 19.0. The summed E-state index contributed by atoms with van der Waals surface area (Å²) in [5.74, 6) is -0.586. The minimum absolute atomic E-state index is 0.0635. The Labute approximate surface area is 184 Å². The summed E-state index contributed by atoms with van der Waals surface area (Å²) in [5, 5.41) is 12.7. The number of aliphatic hydroxyl groups is 1. The van der Waals surface area contributed by atoms with Crippen molar-refractivity contribution in [2.45, 2.75) is 19.1 Å². The number of amides is 1. The number of furan rings is 1. The van der Waals surface area contributed by atoms with Crippen LogP contribution in [-0.4, -0.2) is 52.0 Å². The van der Waals surface area contributed by atoms with Gasteiger partial charge in [-0.05, 0) is 37.3 Å². The molecule has 0 fully saturated rings. The molecule has 0 aliphatic carbocycles. The molecule has 4 rings (SSSR count). The fraction of sp³-hybridized carbons (Fsp3) is 0.318. The zero-order chi connectivity index (χ0) is 23.2. The van der Waals surface area contributed by atoms with Gasteiger partial charge in [0, 0.05) is 29.6 Å². The van der Waals surface area contributed by atoms with E-state index in [0.717, 1.165) is 6.26 Å². The third-order valence-corrected chi connectivity index (χ3v) is 6.62. The van der Waals surface area contributed by atoms with E-state index in [2.05, 4.69) is 5.32 Å². The van der Waals surface area contributed by atoms with Crippen LogP contribution in [0.2, 0.25) is 0 Å². The predicted octanol–water partition coefficient (Wildman–Crippen LogP) is 2.82. The van der Waals surface area contributed by atoms with Gasteiger partial charge in [-0.2, -0.15) is 0 Å². The number of anilines is 1. The molecule has 8 nitrogen and oxygen atoms in total. The molecular weight excluding hydrogens is 439 g/mol. The van der Waals surface area contributed by atoms with Gasteiger partial charge in [-0.1, -0.05) is 0 Å². The van der Waals surface area contributed by atoms with E-state index >= 15 is 0 Å². The maximum absolute atomic E-state index is 13.4. The van der Waals surface area contributed by atoms with Gasteiger partial charge in [-0.25, -0.2) is 12.8 Å². The number of carbonyl (C=O) groups is 1. The lowest BCUT2D eigenvalue weighted by molar-refractivity contribution is -0.0227. The van der Waals surface area contributed by atoms with E-state index in [0.29, 0.717) is 27.8 Å². The van der Waals surface area contributed by atoms with Crippen molar-refractivity contribution in [1.29, 1.82) is 0 Å². The molecule has 3 aromatic rings. The van der Waals surface area contributed by atoms with Crippen molar-refractivity contribution in [3.05, 3.63) is 53.3 Å². The number of sulfonamides is 1. The Kier molecular flexibility index (Phi) is 5.70. The number of halogens is 1. The second-order valence-corrected chi connectivity index (χ2v) is 9.58. The molecule has 1 aliphatic rings. The second-order valence-electron chi connectivity index (χ2n) is 7.68. The van der Waals surface area contributed by atoms with Crippen LogP contribution in [0, 0.1) is 5.82 Å². The molecule has 0 bridgehead atoms. The van der Waals surface area contributed by atoms with Gasteiger partial charge in [0.25, 0.3) is 5.91 Å². The van der Waals surface area contributed by atoms with Crippen LogP contribution in [0.4, 0.5) is 10.1 Å². The lowest BCUT2D eigenvalue weighted by Crippen LogP contribution is -2.38. The van der Waals surface area contributed by atoms with Gasteiger partial charge in [0.1, 0.15) is 17.2 Å². The molecule has 32 heavy (non-hydrogen) atoms. The molecule has 2 atom stereocenters. The van der Waals surface area contributed by atoms with E-state index in [-0.39, 0.29) is 24.5 Å². The quantitative estimate of drug-likeness (QED) is 0.617. The molecular formula is C22H23FN2O6S. The number of hydrogen-bond acceptors (Lipinski definition) is 6. The smallest absolute Gasteiger partial charge is 0.255 e. The summed E-state index contributed by atoms with van der Waals surface area (Å²) in [7, 11) is -2.21. The predicted molar refractivity (Wildman–Crippen MR) is 118 cm³/mol. The zero-order valence-electron chi connectivity index (χ0n) is 17.8. The second kappa shape index (κ2) is 8.19. The maximum atomic E-state index is 13.4. The van der Waals surface area contributed by atoms with Crippen LogP contribution < -0.4 is 9.62 Å². The zero-order valence-corrected chi connectivity index (χ0v) is 18.6. The number of carbonyl (C=O) groups excluding carboxylic acids is 1. The third-order valence-electron chi connectivity index (χ3n) is 5.47. The number of nitrogens with one attached hydrogen (secondary N) is 1. The van der Waals surface area contributed by atoms with E-state index in [1.54, 1.807) is 19.1 Å². The highest BCUT2D eigenvalue weighted by Gasteiger charge is 2.33. The molecule has 0 unspecified atom stereocenters. The lowest BCUT2D eigenvalue weighted by Gasteiger charge is -2.24. The standard InChI is InChI=1S/C22H23FN2O6S/c1-12-16-8-17-19(9-18(16)25(32(3,28)29)10-15(11-26)30-12)31-21(20(17)22(27)24-2)13-4-6-14(23)7-5-13/h4-9,12,15,26H,10-11H2,1-3H3,(H,24,27)/t12-,15+/m1/s1. The Balaban J connectivity index is 2.01. The molecule has 0 spiro atoms. The molecule has 2 N–H and O–H groups in total. The summed E-state index contributed by atoms with van der Waals surface area (Å²) in [4.78, 5) is 12.8. The van der Waals surface area contributed by atoms with Gasteiger partial charge in [0.05, 0.1) is 42.9 Å². The summed E-state index contributed by atoms with van der Waals surface area (Å²) < 4.78 is 51.6. The Bertz CT molecular complexity index is 1290. The van der Waals surface area contributed by atoms with Gasteiger partial charge < -0.3 is 19.6 Å². The van der Waals surface area contributed by atoms with Crippen molar-refractivity contribution in [1.82, 2.24) is 5.32 Å². The summed E-state index contributed by atoms with van der Waals surface area (Å²) in [6.07, 6.45) is -0.195. The number of hydrogen-bond donors (Lipinski definition) is 2. The molecule has 10 heteroatoms. The average Bonchev–Trinajstić information content (AvgIpc) is 3.05. The van der Waals surface area contributed by atoms with Gasteiger partial charge in [0.15, 0.2) is 0 Å². The summed E-state index contributed by atoms with van der Waals surface area (Å²) >= 11 is 0. The fourth-order valence-electron chi connectivity index (χ4n) is 3.95. The summed E-state index contributed by atoms with van der Waals surface area (Å²) in [6, 6.07) is 8.78. The van der Waals surface area contributed by atoms with Gasteiger partial charge in [-0.3, -0.25) is 9.10 Å². The van der Waals surface area contributed by atoms with Crippen molar-refractivity contribution >= 4 is 32.6 Å². The number of nitrogens with zero attached hydrogens (tertiary/aromatic N) is 1. The largest absolute Gasteiger partial charge is 0.455 e. The topological polar surface area (TPSA) is 109 Å². The van der Waals surface area contributed by atoms with Gasteiger partial charge in [0.2, 0.25) is 10.0 Å². The number of benzene rings is 2. The first-order chi connectivity index (χ1) is 15.1. The third kappa shape index (κ3) is 3.85. The minimum atomic E-state index is -3.70. The van der Waals surface area contributed by atoms with Crippen LogP contribution in [0.5, 0.6) is 0 Å². The first kappa shape index (κ1) is 22.3. The monoisotopic (exact) mass is 462 g/mol. The van der Waals surface area contributed by atoms with Crippen LogP contribution in [0.1, 0.15) is 28.9 Å². The maximum Gasteiger partial charge on any atom is 0.255 e. The number of rotatable bonds is 4. The SMILES string of the molecule is CNC(=O)c1c(-c2ccc(F)cc2)oc2cc3c(cc12)[C@@H](C)O[C@H](CO)CN3S(C)(=O)=O. The average molecular weight is 462 g/mol. The van der Waals surface area contributed by atoms with Crippen LogP contribution in [0.25, 0.3) is 22.3 Å². The molecule has 0 saturated heterocycles. The highest BCUT2D eigenvalue weighted by molar-refractivity contribution is 7.92. The first-order valence-electron chi connectivity index (χ1n) is 9.96. The van der Waals surface area contributed by atoms with E-state index in [9.17, 15) is 22.7 Å². The summed E-state index contributed by atoms with van der Waals surface area (Å²) in [5.41, 5.74) is 1.94. The highest BCUT2D eigenvalue weighted by atomic mass is 32.2. The fourth-order valence-corrected chi connectivity index (χ4v) is 4.90.